The van der Waals surface area contributed by atoms with Crippen molar-refractivity contribution in [3.8, 4) is 0 Å². The summed E-state index contributed by atoms with van der Waals surface area (Å²) >= 11 is 1.40. The first-order valence-corrected chi connectivity index (χ1v) is 7.10. The standard InChI is InChI=1S/C13H17F3N2OS/c1-3-8(2)7-20-11-5-4-9(13(14,15)16)6-10(11)12(17)18-19/h4-6,8,19H,3,7H2,1-2H3,(H2,17,18). The predicted molar refractivity (Wildman–Crippen MR) is 74.1 cm³/mol. The van der Waals surface area contributed by atoms with Crippen molar-refractivity contribution in [2.45, 2.75) is 31.3 Å². The van der Waals surface area contributed by atoms with E-state index < -0.39 is 11.7 Å². The zero-order valence-corrected chi connectivity index (χ0v) is 12.1. The van der Waals surface area contributed by atoms with Gasteiger partial charge in [-0.15, -0.1) is 11.8 Å². The lowest BCUT2D eigenvalue weighted by Gasteiger charge is -2.14. The Kier molecular flexibility index (Phi) is 5.74. The number of alkyl halides is 3. The maximum Gasteiger partial charge on any atom is 0.416 e. The number of oxime groups is 1. The molecule has 1 aromatic carbocycles. The molecule has 0 bridgehead atoms. The fourth-order valence-electron chi connectivity index (χ4n) is 1.44. The Morgan fingerprint density at radius 3 is 2.60 bits per heavy atom. The smallest absolute Gasteiger partial charge is 0.409 e. The highest BCUT2D eigenvalue weighted by molar-refractivity contribution is 7.99. The van der Waals surface area contributed by atoms with Gasteiger partial charge >= 0.3 is 6.18 Å². The topological polar surface area (TPSA) is 58.6 Å². The molecule has 1 atom stereocenters. The average molecular weight is 306 g/mol. The molecule has 20 heavy (non-hydrogen) atoms. The highest BCUT2D eigenvalue weighted by atomic mass is 32.2. The minimum Gasteiger partial charge on any atom is -0.409 e. The summed E-state index contributed by atoms with van der Waals surface area (Å²) in [7, 11) is 0. The van der Waals surface area contributed by atoms with E-state index in [1.54, 1.807) is 0 Å². The van der Waals surface area contributed by atoms with Crippen LogP contribution in [-0.2, 0) is 6.18 Å². The van der Waals surface area contributed by atoms with Gasteiger partial charge in [-0.25, -0.2) is 0 Å². The molecule has 0 saturated carbocycles. The van der Waals surface area contributed by atoms with Crippen LogP contribution in [0.4, 0.5) is 13.2 Å². The number of hydrogen-bond donors (Lipinski definition) is 2. The van der Waals surface area contributed by atoms with Crippen LogP contribution in [0, 0.1) is 5.92 Å². The Balaban J connectivity index is 3.11. The zero-order chi connectivity index (χ0) is 15.3. The van der Waals surface area contributed by atoms with Crippen LogP contribution >= 0.6 is 11.8 Å². The Hall–Kier alpha value is -1.37. The van der Waals surface area contributed by atoms with Crippen LogP contribution in [0.3, 0.4) is 0 Å². The van der Waals surface area contributed by atoms with Gasteiger partial charge in [0.25, 0.3) is 0 Å². The van der Waals surface area contributed by atoms with E-state index in [0.29, 0.717) is 10.8 Å². The molecule has 0 aliphatic rings. The molecule has 0 fully saturated rings. The third kappa shape index (κ3) is 4.33. The van der Waals surface area contributed by atoms with Gasteiger partial charge in [-0.2, -0.15) is 13.2 Å². The van der Waals surface area contributed by atoms with Gasteiger partial charge in [0, 0.05) is 16.2 Å². The lowest BCUT2D eigenvalue weighted by atomic mass is 10.1. The summed E-state index contributed by atoms with van der Waals surface area (Å²) in [5.74, 6) is 0.873. The van der Waals surface area contributed by atoms with Crippen LogP contribution in [-0.4, -0.2) is 16.8 Å². The third-order valence-corrected chi connectivity index (χ3v) is 4.31. The Morgan fingerprint density at radius 1 is 1.45 bits per heavy atom. The van der Waals surface area contributed by atoms with Crippen LogP contribution in [0.15, 0.2) is 28.3 Å². The highest BCUT2D eigenvalue weighted by Gasteiger charge is 2.31. The summed E-state index contributed by atoms with van der Waals surface area (Å²) < 4.78 is 38.1. The molecular weight excluding hydrogens is 289 g/mol. The molecule has 0 radical (unpaired) electrons. The molecule has 0 aromatic heterocycles. The number of hydrogen-bond acceptors (Lipinski definition) is 3. The van der Waals surface area contributed by atoms with Crippen molar-refractivity contribution >= 4 is 17.6 Å². The first kappa shape index (κ1) is 16.7. The van der Waals surface area contributed by atoms with Gasteiger partial charge < -0.3 is 10.9 Å². The minimum atomic E-state index is -4.45. The quantitative estimate of drug-likeness (QED) is 0.285. The van der Waals surface area contributed by atoms with Gasteiger partial charge in [0.05, 0.1) is 5.56 Å². The van der Waals surface area contributed by atoms with E-state index in [9.17, 15) is 13.2 Å². The number of amidine groups is 1. The monoisotopic (exact) mass is 306 g/mol. The first-order chi connectivity index (χ1) is 9.29. The summed E-state index contributed by atoms with van der Waals surface area (Å²) in [5, 5.41) is 11.5. The number of halogens is 3. The molecule has 1 unspecified atom stereocenters. The van der Waals surface area contributed by atoms with Gasteiger partial charge in [0.15, 0.2) is 5.84 Å². The van der Waals surface area contributed by atoms with E-state index in [0.717, 1.165) is 24.3 Å². The summed E-state index contributed by atoms with van der Waals surface area (Å²) in [6.07, 6.45) is -3.48. The van der Waals surface area contributed by atoms with E-state index in [-0.39, 0.29) is 11.4 Å². The van der Waals surface area contributed by atoms with Crippen LogP contribution in [0.5, 0.6) is 0 Å². The Bertz CT molecular complexity index is 489. The van der Waals surface area contributed by atoms with Crippen LogP contribution in [0.2, 0.25) is 0 Å². The van der Waals surface area contributed by atoms with Gasteiger partial charge in [0.2, 0.25) is 0 Å². The maximum atomic E-state index is 12.7. The molecule has 3 N–H and O–H groups in total. The normalized spacial score (nSPS) is 14.3. The first-order valence-electron chi connectivity index (χ1n) is 6.11. The van der Waals surface area contributed by atoms with E-state index in [4.69, 9.17) is 10.9 Å². The van der Waals surface area contributed by atoms with Crippen molar-refractivity contribution in [1.29, 1.82) is 0 Å². The van der Waals surface area contributed by atoms with Crippen LogP contribution < -0.4 is 5.73 Å². The van der Waals surface area contributed by atoms with Crippen LogP contribution in [0.1, 0.15) is 31.4 Å². The molecule has 0 heterocycles. The predicted octanol–water partition coefficient (Wildman–Crippen LogP) is 3.94. The molecule has 3 nitrogen and oxygen atoms in total. The number of thioether (sulfide) groups is 1. The molecule has 7 heteroatoms. The zero-order valence-electron chi connectivity index (χ0n) is 11.2. The molecule has 0 spiro atoms. The maximum absolute atomic E-state index is 12.7. The second kappa shape index (κ2) is 6.88. The summed E-state index contributed by atoms with van der Waals surface area (Å²) in [4.78, 5) is 0.577. The van der Waals surface area contributed by atoms with Crippen molar-refractivity contribution in [3.63, 3.8) is 0 Å². The van der Waals surface area contributed by atoms with Gasteiger partial charge in [0.1, 0.15) is 0 Å². The van der Waals surface area contributed by atoms with Crippen molar-refractivity contribution in [2.75, 3.05) is 5.75 Å². The number of benzene rings is 1. The van der Waals surface area contributed by atoms with Crippen molar-refractivity contribution in [3.05, 3.63) is 29.3 Å². The van der Waals surface area contributed by atoms with E-state index >= 15 is 0 Å². The molecule has 1 aromatic rings. The summed E-state index contributed by atoms with van der Waals surface area (Å²) in [5.41, 5.74) is 4.76. The second-order valence-electron chi connectivity index (χ2n) is 4.52. The fraction of sp³-hybridized carbons (Fsp3) is 0.462. The fourth-order valence-corrected chi connectivity index (χ4v) is 2.62. The lowest BCUT2D eigenvalue weighted by molar-refractivity contribution is -0.137. The molecular formula is C13H17F3N2OS. The van der Waals surface area contributed by atoms with Gasteiger partial charge in [-0.3, -0.25) is 0 Å². The van der Waals surface area contributed by atoms with Crippen molar-refractivity contribution in [1.82, 2.24) is 0 Å². The van der Waals surface area contributed by atoms with Crippen molar-refractivity contribution < 1.29 is 18.4 Å². The van der Waals surface area contributed by atoms with E-state index in [1.807, 2.05) is 6.92 Å². The Labute approximate surface area is 120 Å². The largest absolute Gasteiger partial charge is 0.416 e. The number of nitrogens with two attached hydrogens (primary N) is 1. The molecule has 1 rings (SSSR count). The van der Waals surface area contributed by atoms with E-state index in [2.05, 4.69) is 12.1 Å². The second-order valence-corrected chi connectivity index (χ2v) is 5.58. The summed E-state index contributed by atoms with van der Waals surface area (Å²) in [6.45, 7) is 4.10. The number of nitrogens with zero attached hydrogens (tertiary/aromatic N) is 1. The minimum absolute atomic E-state index is 0.107. The highest BCUT2D eigenvalue weighted by Crippen LogP contribution is 2.33. The van der Waals surface area contributed by atoms with Gasteiger partial charge in [-0.1, -0.05) is 25.4 Å². The SMILES string of the molecule is CCC(C)CSc1ccc(C(F)(F)F)cc1/C(N)=N/O. The summed E-state index contributed by atoms with van der Waals surface area (Å²) in [6, 6.07) is 3.28. The molecule has 0 aliphatic heterocycles. The van der Waals surface area contributed by atoms with E-state index in [1.165, 1.54) is 17.8 Å². The number of rotatable bonds is 5. The average Bonchev–Trinajstić information content (AvgIpc) is 2.42. The molecule has 0 saturated heterocycles. The van der Waals surface area contributed by atoms with Crippen LogP contribution in [0.25, 0.3) is 0 Å². The molecule has 112 valence electrons. The van der Waals surface area contributed by atoms with Gasteiger partial charge in [-0.05, 0) is 24.1 Å². The third-order valence-electron chi connectivity index (χ3n) is 2.91. The Morgan fingerprint density at radius 2 is 2.10 bits per heavy atom. The molecule has 0 aliphatic carbocycles. The van der Waals surface area contributed by atoms with Crippen molar-refractivity contribution in [2.24, 2.45) is 16.8 Å². The lowest BCUT2D eigenvalue weighted by Crippen LogP contribution is -2.16. The molecule has 0 amide bonds.